The summed E-state index contributed by atoms with van der Waals surface area (Å²) in [5.74, 6) is 0. The van der Waals surface area contributed by atoms with Crippen LogP contribution in [0.15, 0.2) is 367 Å². The number of hydrogen-bond donors (Lipinski definition) is 1. The predicted molar refractivity (Wildman–Crippen MR) is 482 cm³/mol. The van der Waals surface area contributed by atoms with E-state index in [1.165, 1.54) is 89.0 Å². The number of halogens is 3. The summed E-state index contributed by atoms with van der Waals surface area (Å²) >= 11 is 10.6. The maximum absolute atomic E-state index is 6.13. The van der Waals surface area contributed by atoms with Gasteiger partial charge in [0, 0.05) is 57.1 Å². The second-order valence-corrected chi connectivity index (χ2v) is 32.1. The summed E-state index contributed by atoms with van der Waals surface area (Å²) in [5.41, 5.74) is 29.5. The Hall–Kier alpha value is -11.3. The Bertz CT molecular complexity index is 6330. The number of benzene rings is 15. The van der Waals surface area contributed by atoms with Gasteiger partial charge in [-0.05, 0) is 249 Å². The third-order valence-corrected chi connectivity index (χ3v) is 23.7. The molecule has 0 radical (unpaired) electrons. The van der Waals surface area contributed by atoms with Crippen LogP contribution in [-0.2, 0) is 21.1 Å². The number of para-hydroxylation sites is 3. The summed E-state index contributed by atoms with van der Waals surface area (Å²) < 4.78 is 33.4. The molecule has 0 amide bonds. The van der Waals surface area contributed by atoms with Gasteiger partial charge in [-0.25, -0.2) is 0 Å². The lowest BCUT2D eigenvalue weighted by atomic mass is 9.70. The molecule has 21 rings (SSSR count). The van der Waals surface area contributed by atoms with Crippen molar-refractivity contribution in [3.05, 3.63) is 393 Å². The first kappa shape index (κ1) is 74.7. The summed E-state index contributed by atoms with van der Waals surface area (Å²) in [6.45, 7) is 12.3. The lowest BCUT2D eigenvalue weighted by molar-refractivity contribution is 0.00578. The van der Waals surface area contributed by atoms with Gasteiger partial charge in [-0.3, -0.25) is 0 Å². The first-order valence-electron chi connectivity index (χ1n) is 37.1. The van der Waals surface area contributed by atoms with Crippen molar-refractivity contribution in [2.75, 3.05) is 5.32 Å². The molecule has 18 aromatic rings. The second kappa shape index (κ2) is 30.7. The predicted octanol–water partition coefficient (Wildman–Crippen LogP) is 29.6. The summed E-state index contributed by atoms with van der Waals surface area (Å²) in [7, 11) is -0.344. The van der Waals surface area contributed by atoms with Crippen LogP contribution in [0.5, 0.6) is 0 Å². The van der Waals surface area contributed by atoms with Crippen molar-refractivity contribution >= 4 is 144 Å². The van der Waals surface area contributed by atoms with Crippen LogP contribution in [0, 0.1) is 0 Å². The van der Waals surface area contributed by atoms with Crippen molar-refractivity contribution in [2.45, 2.75) is 65.6 Å². The van der Waals surface area contributed by atoms with Gasteiger partial charge in [0.2, 0.25) is 0 Å². The zero-order valence-electron chi connectivity index (χ0n) is 61.0. The standard InChI is InChI=1S/C37H24O2.C33H21Br.C18H19BO3.C12H9Br2N.2CH4/c1-3-7-34-30(5-1)32-22-28(17-19-36(32)38-34)26-13-9-24(10-14-26)21-25-11-15-27(16-12-25)29-18-20-37-33(23-29)31-6-2-4-8-35(31)39-37;1-2-21-9-3-4-10-24(21)22-15-17-27-25-11-5-7-13-29(25)33(31(27)19-22)30-14-8-6-12-26(30)28-18-16-23(34)20-32(28)33;1-17(2)18(3,4)22-19(21-17)12-9-10-16-14(11-12)13-7-5-6-8-15(13)20-16;13-9-1-5-11(6-2-9)15-12-7-3-10(14)4-8-12;;/h1-20,22-23H,21H2;2-20H,1H2;5-11H,1-4H3;1-8,15H;2*1H4. The molecule has 1 fully saturated rings. The maximum Gasteiger partial charge on any atom is 0.494 e. The van der Waals surface area contributed by atoms with Crippen molar-refractivity contribution in [2.24, 2.45) is 0 Å². The SMILES string of the molecule is Brc1ccc(Nc2ccc(Br)cc2)cc1.C.C.C=Cc1ccccc1-c1ccc2c(c1)C1(c3ccccc3-c3ccc(Br)cc31)c1ccccc1-2.CC1(C)OB(c2ccc3oc4ccccc4c3c2)OC1(C)C.c1ccc2c(c1)oc1ccc(-c3ccc(Cc4ccc(-c5ccc6oc7ccccc7c6c5)cc4)cc3)cc12. The molecule has 4 heterocycles. The maximum atomic E-state index is 6.13. The molecule has 10 heteroatoms. The molecule has 1 atom stereocenters. The highest BCUT2D eigenvalue weighted by Crippen LogP contribution is 2.63. The Morgan fingerprint density at radius 1 is 0.321 bits per heavy atom. The molecule has 3 aliphatic rings. The van der Waals surface area contributed by atoms with Gasteiger partial charge in [0.05, 0.1) is 16.6 Å². The van der Waals surface area contributed by atoms with Gasteiger partial charge < -0.3 is 27.9 Å². The quantitative estimate of drug-likeness (QED) is 0.145. The van der Waals surface area contributed by atoms with Crippen molar-refractivity contribution in [3.8, 4) is 55.6 Å². The van der Waals surface area contributed by atoms with Crippen LogP contribution in [0.4, 0.5) is 11.4 Å². The van der Waals surface area contributed by atoms with Crippen LogP contribution in [0.25, 0.3) is 128 Å². The molecule has 1 aliphatic heterocycles. The summed E-state index contributed by atoms with van der Waals surface area (Å²) in [6.07, 6.45) is 2.85. The molecule has 0 bridgehead atoms. The fraction of sp³-hybridized carbons (Fsp3) is 0.0980. The van der Waals surface area contributed by atoms with Crippen molar-refractivity contribution in [1.82, 2.24) is 0 Å². The number of furan rings is 3. The van der Waals surface area contributed by atoms with E-state index < -0.39 is 0 Å². The van der Waals surface area contributed by atoms with Crippen molar-refractivity contribution in [1.29, 1.82) is 0 Å². The molecule has 548 valence electrons. The Balaban J connectivity index is 0.000000118. The summed E-state index contributed by atoms with van der Waals surface area (Å²) in [4.78, 5) is 0. The monoisotopic (exact) mass is 1650 g/mol. The minimum atomic E-state index is -0.344. The number of hydrogen-bond acceptors (Lipinski definition) is 6. The van der Waals surface area contributed by atoms with Crippen LogP contribution in [-0.4, -0.2) is 18.3 Å². The van der Waals surface area contributed by atoms with Gasteiger partial charge in [0.25, 0.3) is 0 Å². The van der Waals surface area contributed by atoms with Gasteiger partial charge in [0.1, 0.15) is 33.5 Å². The van der Waals surface area contributed by atoms with Crippen LogP contribution in [0.1, 0.15) is 81.5 Å². The highest BCUT2D eigenvalue weighted by atomic mass is 79.9. The first-order valence-corrected chi connectivity index (χ1v) is 39.4. The smallest absolute Gasteiger partial charge is 0.456 e. The second-order valence-electron chi connectivity index (χ2n) is 29.4. The minimum absolute atomic E-state index is 0. The molecule has 112 heavy (non-hydrogen) atoms. The van der Waals surface area contributed by atoms with Gasteiger partial charge in [-0.2, -0.15) is 0 Å². The molecule has 15 aromatic carbocycles. The van der Waals surface area contributed by atoms with E-state index in [0.29, 0.717) is 0 Å². The van der Waals surface area contributed by atoms with Gasteiger partial charge in [-0.15, -0.1) is 0 Å². The molecule has 2 aliphatic carbocycles. The van der Waals surface area contributed by atoms with E-state index in [4.69, 9.17) is 22.6 Å². The van der Waals surface area contributed by atoms with E-state index in [1.54, 1.807) is 0 Å². The Morgan fingerprint density at radius 3 is 1.17 bits per heavy atom. The number of rotatable bonds is 9. The lowest BCUT2D eigenvalue weighted by Gasteiger charge is -2.32. The first-order chi connectivity index (χ1) is 53.6. The normalized spacial score (nSPS) is 14.4. The van der Waals surface area contributed by atoms with E-state index in [0.717, 1.165) is 108 Å². The lowest BCUT2D eigenvalue weighted by Crippen LogP contribution is -2.41. The molecule has 3 aromatic heterocycles. The Morgan fingerprint density at radius 2 is 0.688 bits per heavy atom. The number of fused-ring (bicyclic) bond motifs is 19. The molecule has 1 spiro atoms. The van der Waals surface area contributed by atoms with E-state index in [-0.39, 0.29) is 38.6 Å². The third kappa shape index (κ3) is 13.9. The average molecular weight is 1650 g/mol. The van der Waals surface area contributed by atoms with Crippen LogP contribution >= 0.6 is 47.8 Å². The molecule has 1 N–H and O–H groups in total. The van der Waals surface area contributed by atoms with Gasteiger partial charge in [-0.1, -0.05) is 294 Å². The minimum Gasteiger partial charge on any atom is -0.456 e. The molecule has 6 nitrogen and oxygen atoms in total. The van der Waals surface area contributed by atoms with Crippen molar-refractivity contribution in [3.63, 3.8) is 0 Å². The highest BCUT2D eigenvalue weighted by molar-refractivity contribution is 9.11. The summed E-state index contributed by atoms with van der Waals surface area (Å²) in [6, 6.07) is 118. The van der Waals surface area contributed by atoms with Gasteiger partial charge >= 0.3 is 7.12 Å². The molecule has 1 unspecified atom stereocenters. The zero-order valence-corrected chi connectivity index (χ0v) is 65.8. The van der Waals surface area contributed by atoms with Gasteiger partial charge in [0.15, 0.2) is 0 Å². The third-order valence-electron chi connectivity index (χ3n) is 22.2. The van der Waals surface area contributed by atoms with E-state index in [9.17, 15) is 0 Å². The van der Waals surface area contributed by atoms with Crippen LogP contribution in [0.3, 0.4) is 0 Å². The van der Waals surface area contributed by atoms with E-state index >= 15 is 0 Å². The number of nitrogens with one attached hydrogen (secondary N) is 1. The average Bonchev–Trinajstić information content (AvgIpc) is 1.50. The van der Waals surface area contributed by atoms with E-state index in [1.807, 2.05) is 109 Å². The largest absolute Gasteiger partial charge is 0.494 e. The van der Waals surface area contributed by atoms with Crippen LogP contribution in [0.2, 0.25) is 0 Å². The fourth-order valence-electron chi connectivity index (χ4n) is 16.0. The molecule has 0 saturated carbocycles. The molecular formula is C102H81BBr3NO5. The van der Waals surface area contributed by atoms with Crippen LogP contribution < -0.4 is 10.8 Å². The summed E-state index contributed by atoms with van der Waals surface area (Å²) in [5, 5.41) is 10.2. The Kier molecular flexibility index (Phi) is 20.5. The Labute approximate surface area is 680 Å². The molecule has 1 saturated heterocycles. The number of anilines is 2. The molecular weight excluding hydrogens is 1570 g/mol. The topological polar surface area (TPSA) is 69.9 Å². The van der Waals surface area contributed by atoms with E-state index in [2.05, 4.69) is 318 Å². The highest BCUT2D eigenvalue weighted by Gasteiger charge is 2.53. The fourth-order valence-corrected chi connectivity index (χ4v) is 16.9. The van der Waals surface area contributed by atoms with Crippen molar-refractivity contribution < 1.29 is 22.6 Å². The zero-order chi connectivity index (χ0) is 74.8.